The number of benzene rings is 1. The molecule has 0 spiro atoms. The molecule has 1 atom stereocenters. The highest BCUT2D eigenvalue weighted by molar-refractivity contribution is 6.25. The van der Waals surface area contributed by atoms with E-state index in [1.54, 1.807) is 5.54 Å². The highest BCUT2D eigenvalue weighted by Crippen LogP contribution is 2.13. The summed E-state index contributed by atoms with van der Waals surface area (Å²) < 4.78 is 0. The fraction of sp³-hybridized carbons (Fsp3) is 0.385. The second kappa shape index (κ2) is 5.94. The van der Waals surface area contributed by atoms with E-state index in [1.165, 1.54) is 11.1 Å². The lowest BCUT2D eigenvalue weighted by Gasteiger charge is -2.14. The Bertz CT molecular complexity index is 327. The standard InChI is InChI=1S/C13H18ClN/c1-10-4-6-13(7-5-10)12(3)15-9-11(2)8-14/h4-8,12,15H,9H2,1-3H3/b11-8+/t12-/m0/s1. The van der Waals surface area contributed by atoms with Crippen LogP contribution in [0.4, 0.5) is 0 Å². The zero-order valence-electron chi connectivity index (χ0n) is 9.55. The van der Waals surface area contributed by atoms with Crippen LogP contribution < -0.4 is 5.32 Å². The molecule has 1 aromatic rings. The third-order valence-corrected chi connectivity index (χ3v) is 2.82. The molecule has 0 amide bonds. The van der Waals surface area contributed by atoms with Gasteiger partial charge in [-0.25, -0.2) is 0 Å². The molecule has 0 aromatic heterocycles. The highest BCUT2D eigenvalue weighted by Gasteiger charge is 2.03. The Morgan fingerprint density at radius 3 is 2.53 bits per heavy atom. The molecular weight excluding hydrogens is 206 g/mol. The fourth-order valence-electron chi connectivity index (χ4n) is 1.33. The summed E-state index contributed by atoms with van der Waals surface area (Å²) in [6.45, 7) is 7.11. The van der Waals surface area contributed by atoms with Crippen LogP contribution in [0.15, 0.2) is 35.4 Å². The molecule has 82 valence electrons. The summed E-state index contributed by atoms with van der Waals surface area (Å²) in [6, 6.07) is 8.95. The molecule has 1 aromatic carbocycles. The van der Waals surface area contributed by atoms with Crippen molar-refractivity contribution in [3.05, 3.63) is 46.5 Å². The Morgan fingerprint density at radius 2 is 2.00 bits per heavy atom. The first-order chi connectivity index (χ1) is 7.13. The third-order valence-electron chi connectivity index (χ3n) is 2.45. The molecule has 0 heterocycles. The normalized spacial score (nSPS) is 14.0. The van der Waals surface area contributed by atoms with Gasteiger partial charge in [-0.1, -0.05) is 41.4 Å². The second-order valence-electron chi connectivity index (χ2n) is 3.97. The van der Waals surface area contributed by atoms with Crippen LogP contribution in [0, 0.1) is 6.92 Å². The third kappa shape index (κ3) is 4.06. The summed E-state index contributed by atoms with van der Waals surface area (Å²) in [5, 5.41) is 3.42. The molecule has 1 nitrogen and oxygen atoms in total. The average molecular weight is 224 g/mol. The number of hydrogen-bond donors (Lipinski definition) is 1. The van der Waals surface area contributed by atoms with Crippen LogP contribution >= 0.6 is 11.6 Å². The van der Waals surface area contributed by atoms with Crippen LogP contribution in [-0.2, 0) is 0 Å². The highest BCUT2D eigenvalue weighted by atomic mass is 35.5. The molecular formula is C13H18ClN. The van der Waals surface area contributed by atoms with Gasteiger partial charge >= 0.3 is 0 Å². The van der Waals surface area contributed by atoms with Crippen LogP contribution in [0.3, 0.4) is 0 Å². The monoisotopic (exact) mass is 223 g/mol. The predicted octanol–water partition coefficient (Wildman–Crippen LogP) is 3.79. The van der Waals surface area contributed by atoms with Crippen molar-refractivity contribution in [2.75, 3.05) is 6.54 Å². The van der Waals surface area contributed by atoms with E-state index in [2.05, 4.69) is 43.4 Å². The lowest BCUT2D eigenvalue weighted by atomic mass is 10.1. The van der Waals surface area contributed by atoms with E-state index in [9.17, 15) is 0 Å². The van der Waals surface area contributed by atoms with Crippen molar-refractivity contribution in [3.63, 3.8) is 0 Å². The largest absolute Gasteiger partial charge is 0.306 e. The molecule has 15 heavy (non-hydrogen) atoms. The maximum Gasteiger partial charge on any atom is 0.0294 e. The summed E-state index contributed by atoms with van der Waals surface area (Å²) in [7, 11) is 0. The minimum atomic E-state index is 0.358. The van der Waals surface area contributed by atoms with Crippen molar-refractivity contribution in [2.45, 2.75) is 26.8 Å². The number of rotatable bonds is 4. The zero-order chi connectivity index (χ0) is 11.3. The van der Waals surface area contributed by atoms with Gasteiger partial charge in [-0.3, -0.25) is 0 Å². The second-order valence-corrected chi connectivity index (χ2v) is 4.19. The van der Waals surface area contributed by atoms with Gasteiger partial charge in [-0.05, 0) is 31.9 Å². The van der Waals surface area contributed by atoms with E-state index in [-0.39, 0.29) is 0 Å². The molecule has 2 heteroatoms. The zero-order valence-corrected chi connectivity index (χ0v) is 10.3. The van der Waals surface area contributed by atoms with Crippen LogP contribution in [-0.4, -0.2) is 6.54 Å². The minimum Gasteiger partial charge on any atom is -0.306 e. The summed E-state index contributed by atoms with van der Waals surface area (Å²) in [4.78, 5) is 0. The van der Waals surface area contributed by atoms with Crippen molar-refractivity contribution < 1.29 is 0 Å². The molecule has 0 saturated carbocycles. The Hall–Kier alpha value is -0.790. The summed E-state index contributed by atoms with van der Waals surface area (Å²) in [5.41, 5.74) is 5.37. The Morgan fingerprint density at radius 1 is 1.40 bits per heavy atom. The molecule has 0 unspecified atom stereocenters. The van der Waals surface area contributed by atoms with E-state index in [0.29, 0.717) is 6.04 Å². The van der Waals surface area contributed by atoms with Crippen LogP contribution in [0.5, 0.6) is 0 Å². The van der Waals surface area contributed by atoms with Crippen molar-refractivity contribution in [2.24, 2.45) is 0 Å². The molecule has 0 aliphatic heterocycles. The molecule has 0 bridgehead atoms. The first-order valence-electron chi connectivity index (χ1n) is 5.19. The lowest BCUT2D eigenvalue weighted by Crippen LogP contribution is -2.20. The molecule has 0 aliphatic rings. The topological polar surface area (TPSA) is 12.0 Å². The van der Waals surface area contributed by atoms with Gasteiger partial charge in [0.15, 0.2) is 0 Å². The molecule has 0 radical (unpaired) electrons. The van der Waals surface area contributed by atoms with Crippen LogP contribution in [0.1, 0.15) is 31.0 Å². The Kier molecular flexibility index (Phi) is 4.86. The van der Waals surface area contributed by atoms with Crippen molar-refractivity contribution in [1.82, 2.24) is 5.32 Å². The number of hydrogen-bond acceptors (Lipinski definition) is 1. The van der Waals surface area contributed by atoms with Gasteiger partial charge in [-0.2, -0.15) is 0 Å². The summed E-state index contributed by atoms with van der Waals surface area (Å²) in [5.74, 6) is 0. The predicted molar refractivity (Wildman–Crippen MR) is 67.2 cm³/mol. The van der Waals surface area contributed by atoms with Gasteiger partial charge in [0, 0.05) is 18.1 Å². The number of halogens is 1. The Balaban J connectivity index is 2.53. The number of aryl methyl sites for hydroxylation is 1. The molecule has 0 saturated heterocycles. The molecule has 0 fully saturated rings. The van der Waals surface area contributed by atoms with Crippen molar-refractivity contribution in [1.29, 1.82) is 0 Å². The van der Waals surface area contributed by atoms with Gasteiger partial charge in [0.2, 0.25) is 0 Å². The maximum atomic E-state index is 5.60. The number of nitrogens with one attached hydrogen (secondary N) is 1. The van der Waals surface area contributed by atoms with Gasteiger partial charge in [0.05, 0.1) is 0 Å². The van der Waals surface area contributed by atoms with Gasteiger partial charge < -0.3 is 5.32 Å². The van der Waals surface area contributed by atoms with Gasteiger partial charge in [-0.15, -0.1) is 0 Å². The minimum absolute atomic E-state index is 0.358. The van der Waals surface area contributed by atoms with Crippen molar-refractivity contribution >= 4 is 11.6 Å². The molecule has 0 aliphatic carbocycles. The fourth-order valence-corrected chi connectivity index (χ4v) is 1.40. The van der Waals surface area contributed by atoms with E-state index < -0.39 is 0 Å². The summed E-state index contributed by atoms with van der Waals surface area (Å²) >= 11 is 5.60. The maximum absolute atomic E-state index is 5.60. The lowest BCUT2D eigenvalue weighted by molar-refractivity contribution is 0.607. The van der Waals surface area contributed by atoms with Crippen LogP contribution in [0.25, 0.3) is 0 Å². The van der Waals surface area contributed by atoms with E-state index in [1.807, 2.05) is 6.92 Å². The Labute approximate surface area is 97.1 Å². The van der Waals surface area contributed by atoms with Gasteiger partial charge in [0.25, 0.3) is 0 Å². The summed E-state index contributed by atoms with van der Waals surface area (Å²) in [6.07, 6.45) is 0. The molecule has 1 rings (SSSR count). The van der Waals surface area contributed by atoms with E-state index in [4.69, 9.17) is 11.6 Å². The van der Waals surface area contributed by atoms with E-state index >= 15 is 0 Å². The van der Waals surface area contributed by atoms with E-state index in [0.717, 1.165) is 12.1 Å². The quantitative estimate of drug-likeness (QED) is 0.819. The first-order valence-corrected chi connectivity index (χ1v) is 5.63. The molecule has 1 N–H and O–H groups in total. The first kappa shape index (κ1) is 12.3. The van der Waals surface area contributed by atoms with Crippen LogP contribution in [0.2, 0.25) is 0 Å². The SMILES string of the molecule is C/C(=C\Cl)CN[C@@H](C)c1ccc(C)cc1. The van der Waals surface area contributed by atoms with Crippen molar-refractivity contribution in [3.8, 4) is 0 Å². The van der Waals surface area contributed by atoms with Gasteiger partial charge in [0.1, 0.15) is 0 Å². The smallest absolute Gasteiger partial charge is 0.0294 e. The average Bonchev–Trinajstić information content (AvgIpc) is 2.26.